The summed E-state index contributed by atoms with van der Waals surface area (Å²) in [6, 6.07) is 12.8. The summed E-state index contributed by atoms with van der Waals surface area (Å²) in [5.74, 6) is 1.76. The zero-order chi connectivity index (χ0) is 16.1. The second-order valence-corrected chi connectivity index (χ2v) is 6.49. The summed E-state index contributed by atoms with van der Waals surface area (Å²) in [5, 5.41) is 3.48. The van der Waals surface area contributed by atoms with Gasteiger partial charge in [-0.3, -0.25) is 4.79 Å². The number of fused-ring (bicyclic) bond motifs is 1. The molecule has 4 nitrogen and oxygen atoms in total. The smallest absolute Gasteiger partial charge is 0.234 e. The third-order valence-electron chi connectivity index (χ3n) is 3.22. The number of hydrogen-bond acceptors (Lipinski definition) is 4. The van der Waals surface area contributed by atoms with E-state index in [-0.39, 0.29) is 5.91 Å². The van der Waals surface area contributed by atoms with Crippen LogP contribution in [0.4, 0.5) is 5.69 Å². The van der Waals surface area contributed by atoms with E-state index in [0.29, 0.717) is 24.0 Å². The van der Waals surface area contributed by atoms with Crippen LogP contribution in [0.25, 0.3) is 0 Å². The van der Waals surface area contributed by atoms with Crippen LogP contribution in [0.15, 0.2) is 47.4 Å². The maximum Gasteiger partial charge on any atom is 0.234 e. The lowest BCUT2D eigenvalue weighted by Crippen LogP contribution is -2.13. The fourth-order valence-electron chi connectivity index (χ4n) is 2.11. The molecule has 0 bridgehead atoms. The Kier molecular flexibility index (Phi) is 5.31. The molecular weight excluding hydrogens is 334 g/mol. The summed E-state index contributed by atoms with van der Waals surface area (Å²) in [6.45, 7) is 1.32. The van der Waals surface area contributed by atoms with Gasteiger partial charge in [0.2, 0.25) is 5.91 Å². The molecule has 0 aliphatic carbocycles. The van der Waals surface area contributed by atoms with E-state index in [1.54, 1.807) is 24.3 Å². The highest BCUT2D eigenvalue weighted by atomic mass is 35.5. The standard InChI is InChI=1S/C17H16ClNO3S/c18-12-2-4-13(5-3-12)19-17(20)11-23-14-6-7-15-16(10-14)22-9-1-8-21-15/h2-7,10H,1,8-9,11H2,(H,19,20). The van der Waals surface area contributed by atoms with Gasteiger partial charge in [-0.1, -0.05) is 11.6 Å². The highest BCUT2D eigenvalue weighted by Gasteiger charge is 2.11. The summed E-state index contributed by atoms with van der Waals surface area (Å²) in [6.07, 6.45) is 0.876. The topological polar surface area (TPSA) is 47.6 Å². The quantitative estimate of drug-likeness (QED) is 0.839. The van der Waals surface area contributed by atoms with Crippen LogP contribution in [-0.4, -0.2) is 24.9 Å². The van der Waals surface area contributed by atoms with Crippen LogP contribution in [-0.2, 0) is 4.79 Å². The van der Waals surface area contributed by atoms with E-state index in [1.165, 1.54) is 11.8 Å². The first-order valence-electron chi connectivity index (χ1n) is 7.28. The number of nitrogens with one attached hydrogen (secondary N) is 1. The Morgan fingerprint density at radius 3 is 2.61 bits per heavy atom. The van der Waals surface area contributed by atoms with Crippen LogP contribution in [0.5, 0.6) is 11.5 Å². The van der Waals surface area contributed by atoms with Crippen molar-refractivity contribution in [3.05, 3.63) is 47.5 Å². The molecule has 1 heterocycles. The predicted molar refractivity (Wildman–Crippen MR) is 92.9 cm³/mol. The second-order valence-electron chi connectivity index (χ2n) is 5.00. The van der Waals surface area contributed by atoms with Crippen molar-refractivity contribution >= 4 is 35.0 Å². The molecule has 1 aliphatic heterocycles. The lowest BCUT2D eigenvalue weighted by Gasteiger charge is -2.09. The Morgan fingerprint density at radius 1 is 1.09 bits per heavy atom. The predicted octanol–water partition coefficient (Wildman–Crippen LogP) is 4.23. The Bertz CT molecular complexity index is 691. The van der Waals surface area contributed by atoms with E-state index in [1.807, 2.05) is 18.2 Å². The Labute approximate surface area is 144 Å². The summed E-state index contributed by atoms with van der Waals surface area (Å²) < 4.78 is 11.2. The number of carbonyl (C=O) groups excluding carboxylic acids is 1. The van der Waals surface area contributed by atoms with Crippen molar-refractivity contribution in [1.82, 2.24) is 0 Å². The molecule has 2 aromatic rings. The number of carbonyl (C=O) groups is 1. The zero-order valence-corrected chi connectivity index (χ0v) is 14.0. The maximum atomic E-state index is 12.0. The largest absolute Gasteiger partial charge is 0.490 e. The second kappa shape index (κ2) is 7.62. The molecule has 0 radical (unpaired) electrons. The SMILES string of the molecule is O=C(CSc1ccc2c(c1)OCCCO2)Nc1ccc(Cl)cc1. The van der Waals surface area contributed by atoms with Crippen molar-refractivity contribution in [2.45, 2.75) is 11.3 Å². The maximum absolute atomic E-state index is 12.0. The molecular formula is C17H16ClNO3S. The van der Waals surface area contributed by atoms with Gasteiger partial charge >= 0.3 is 0 Å². The zero-order valence-electron chi connectivity index (χ0n) is 12.4. The van der Waals surface area contributed by atoms with Crippen LogP contribution >= 0.6 is 23.4 Å². The monoisotopic (exact) mass is 349 g/mol. The van der Waals surface area contributed by atoms with E-state index < -0.39 is 0 Å². The van der Waals surface area contributed by atoms with Gasteiger partial charge in [0.05, 0.1) is 19.0 Å². The van der Waals surface area contributed by atoms with Crippen LogP contribution in [0.2, 0.25) is 5.02 Å². The minimum atomic E-state index is -0.0653. The Balaban J connectivity index is 1.56. The third-order valence-corrected chi connectivity index (χ3v) is 4.46. The molecule has 2 aromatic carbocycles. The minimum Gasteiger partial charge on any atom is -0.490 e. The van der Waals surface area contributed by atoms with Crippen molar-refractivity contribution in [1.29, 1.82) is 0 Å². The molecule has 0 atom stereocenters. The molecule has 120 valence electrons. The van der Waals surface area contributed by atoms with E-state index in [4.69, 9.17) is 21.1 Å². The highest BCUT2D eigenvalue weighted by Crippen LogP contribution is 2.33. The summed E-state index contributed by atoms with van der Waals surface area (Å²) in [5.41, 5.74) is 0.735. The van der Waals surface area contributed by atoms with Crippen molar-refractivity contribution in [3.63, 3.8) is 0 Å². The van der Waals surface area contributed by atoms with Crippen molar-refractivity contribution in [2.75, 3.05) is 24.3 Å². The molecule has 1 amide bonds. The number of anilines is 1. The van der Waals surface area contributed by atoms with Crippen LogP contribution in [0.3, 0.4) is 0 Å². The molecule has 0 aromatic heterocycles. The highest BCUT2D eigenvalue weighted by molar-refractivity contribution is 8.00. The molecule has 0 spiro atoms. The van der Waals surface area contributed by atoms with Gasteiger partial charge in [0.25, 0.3) is 0 Å². The average Bonchev–Trinajstić information content (AvgIpc) is 2.80. The average molecular weight is 350 g/mol. The van der Waals surface area contributed by atoms with Crippen LogP contribution < -0.4 is 14.8 Å². The number of amides is 1. The van der Waals surface area contributed by atoms with Gasteiger partial charge in [-0.05, 0) is 42.5 Å². The van der Waals surface area contributed by atoms with Gasteiger partial charge in [0.15, 0.2) is 11.5 Å². The Hall–Kier alpha value is -1.85. The summed E-state index contributed by atoms with van der Waals surface area (Å²) in [4.78, 5) is 13.0. The molecule has 0 unspecified atom stereocenters. The number of thioether (sulfide) groups is 1. The van der Waals surface area contributed by atoms with E-state index in [2.05, 4.69) is 5.32 Å². The first-order valence-corrected chi connectivity index (χ1v) is 8.65. The molecule has 6 heteroatoms. The van der Waals surface area contributed by atoms with Crippen molar-refractivity contribution < 1.29 is 14.3 Å². The first kappa shape index (κ1) is 16.0. The lowest BCUT2D eigenvalue weighted by atomic mass is 10.3. The molecule has 1 N–H and O–H groups in total. The number of hydrogen-bond donors (Lipinski definition) is 1. The van der Waals surface area contributed by atoms with E-state index >= 15 is 0 Å². The van der Waals surface area contributed by atoms with Gasteiger partial charge in [-0.2, -0.15) is 0 Å². The van der Waals surface area contributed by atoms with Gasteiger partial charge in [-0.25, -0.2) is 0 Å². The van der Waals surface area contributed by atoms with Crippen molar-refractivity contribution in [2.24, 2.45) is 0 Å². The molecule has 0 saturated carbocycles. The Morgan fingerprint density at radius 2 is 1.83 bits per heavy atom. The molecule has 0 fully saturated rings. The molecule has 0 saturated heterocycles. The van der Waals surface area contributed by atoms with E-state index in [9.17, 15) is 4.79 Å². The lowest BCUT2D eigenvalue weighted by molar-refractivity contribution is -0.113. The van der Waals surface area contributed by atoms with Gasteiger partial charge in [0.1, 0.15) is 0 Å². The van der Waals surface area contributed by atoms with Gasteiger partial charge in [0, 0.05) is 22.0 Å². The summed E-state index contributed by atoms with van der Waals surface area (Å²) in [7, 11) is 0. The third kappa shape index (κ3) is 4.56. The van der Waals surface area contributed by atoms with Gasteiger partial charge < -0.3 is 14.8 Å². The number of ether oxygens (including phenoxy) is 2. The fraction of sp³-hybridized carbons (Fsp3) is 0.235. The first-order chi connectivity index (χ1) is 11.2. The number of benzene rings is 2. The molecule has 1 aliphatic rings. The van der Waals surface area contributed by atoms with Crippen molar-refractivity contribution in [3.8, 4) is 11.5 Å². The number of rotatable bonds is 4. The fourth-order valence-corrected chi connectivity index (χ4v) is 2.96. The van der Waals surface area contributed by atoms with Crippen LogP contribution in [0.1, 0.15) is 6.42 Å². The van der Waals surface area contributed by atoms with Gasteiger partial charge in [-0.15, -0.1) is 11.8 Å². The molecule has 23 heavy (non-hydrogen) atoms. The van der Waals surface area contributed by atoms with Crippen LogP contribution in [0, 0.1) is 0 Å². The van der Waals surface area contributed by atoms with E-state index in [0.717, 1.165) is 28.5 Å². The molecule has 3 rings (SSSR count). The minimum absolute atomic E-state index is 0.0653. The number of halogens is 1. The summed E-state index contributed by atoms with van der Waals surface area (Å²) >= 11 is 7.28. The normalized spacial score (nSPS) is 13.3.